The number of fused-ring (bicyclic) bond motifs is 1. The smallest absolute Gasteiger partial charge is 0.337 e. The number of esters is 1. The molecule has 0 bridgehead atoms. The molecule has 1 aliphatic rings. The molecule has 0 unspecified atom stereocenters. The number of carbonyl (C=O) groups is 2. The lowest BCUT2D eigenvalue weighted by Gasteiger charge is -2.34. The lowest BCUT2D eigenvalue weighted by molar-refractivity contribution is -0.117. The Morgan fingerprint density at radius 3 is 2.56 bits per heavy atom. The second kappa shape index (κ2) is 9.50. The third-order valence-corrected chi connectivity index (χ3v) is 6.11. The van der Waals surface area contributed by atoms with Crippen LogP contribution >= 0.6 is 0 Å². The Bertz CT molecular complexity index is 1130. The van der Waals surface area contributed by atoms with Crippen molar-refractivity contribution in [1.82, 2.24) is 19.6 Å². The predicted octanol–water partition coefficient (Wildman–Crippen LogP) is 2.65. The van der Waals surface area contributed by atoms with Crippen LogP contribution in [0.1, 0.15) is 21.5 Å². The molecule has 2 aromatic carbocycles. The summed E-state index contributed by atoms with van der Waals surface area (Å²) >= 11 is 0. The number of anilines is 1. The summed E-state index contributed by atoms with van der Waals surface area (Å²) in [6.45, 7) is 8.50. The van der Waals surface area contributed by atoms with E-state index in [4.69, 9.17) is 4.74 Å². The van der Waals surface area contributed by atoms with E-state index in [0.717, 1.165) is 48.3 Å². The first-order valence-corrected chi connectivity index (χ1v) is 10.8. The van der Waals surface area contributed by atoms with Crippen molar-refractivity contribution in [3.8, 4) is 0 Å². The first-order chi connectivity index (χ1) is 15.4. The number of rotatable bonds is 6. The molecular weight excluding hydrogens is 406 g/mol. The number of methoxy groups -OCH3 is 1. The van der Waals surface area contributed by atoms with Crippen molar-refractivity contribution < 1.29 is 14.3 Å². The minimum Gasteiger partial charge on any atom is -0.465 e. The van der Waals surface area contributed by atoms with Crippen LogP contribution in [0.15, 0.2) is 42.6 Å². The maximum atomic E-state index is 12.5. The first-order valence-electron chi connectivity index (χ1n) is 10.8. The Hall–Kier alpha value is -3.23. The zero-order valence-electron chi connectivity index (χ0n) is 18.8. The maximum Gasteiger partial charge on any atom is 0.337 e. The molecule has 1 saturated heterocycles. The highest BCUT2D eigenvalue weighted by molar-refractivity contribution is 5.94. The van der Waals surface area contributed by atoms with Crippen LogP contribution in [0.4, 0.5) is 5.69 Å². The van der Waals surface area contributed by atoms with Crippen molar-refractivity contribution in [3.63, 3.8) is 0 Å². The van der Waals surface area contributed by atoms with E-state index in [1.165, 1.54) is 12.7 Å². The molecule has 0 atom stereocenters. The fourth-order valence-electron chi connectivity index (χ4n) is 4.00. The van der Waals surface area contributed by atoms with E-state index >= 15 is 0 Å². The van der Waals surface area contributed by atoms with E-state index in [1.54, 1.807) is 18.3 Å². The molecule has 32 heavy (non-hydrogen) atoms. The van der Waals surface area contributed by atoms with Crippen molar-refractivity contribution in [1.29, 1.82) is 0 Å². The highest BCUT2D eigenvalue weighted by Gasteiger charge is 2.20. The molecule has 168 valence electrons. The molecule has 0 saturated carbocycles. The molecular formula is C24H29N5O3. The van der Waals surface area contributed by atoms with Gasteiger partial charge in [-0.05, 0) is 49.2 Å². The van der Waals surface area contributed by atoms with Crippen molar-refractivity contribution in [2.45, 2.75) is 20.5 Å². The van der Waals surface area contributed by atoms with Crippen LogP contribution in [0.25, 0.3) is 10.9 Å². The first kappa shape index (κ1) is 22.0. The Morgan fingerprint density at radius 1 is 1.06 bits per heavy atom. The van der Waals surface area contributed by atoms with Crippen LogP contribution in [0.5, 0.6) is 0 Å². The zero-order chi connectivity index (χ0) is 22.7. The molecule has 1 aromatic heterocycles. The topological polar surface area (TPSA) is 79.7 Å². The van der Waals surface area contributed by atoms with Gasteiger partial charge in [0.2, 0.25) is 5.91 Å². The van der Waals surface area contributed by atoms with Gasteiger partial charge in [-0.15, -0.1) is 0 Å². The second-order valence-electron chi connectivity index (χ2n) is 8.24. The number of piperazine rings is 1. The van der Waals surface area contributed by atoms with Crippen molar-refractivity contribution in [2.75, 3.05) is 45.2 Å². The van der Waals surface area contributed by atoms with Crippen LogP contribution in [-0.2, 0) is 16.2 Å². The van der Waals surface area contributed by atoms with Crippen molar-refractivity contribution in [2.24, 2.45) is 0 Å². The number of nitrogens with one attached hydrogen (secondary N) is 1. The number of hydrogen-bond acceptors (Lipinski definition) is 6. The SMILES string of the molecule is COC(=O)c1ccc2c(cnn2CN2CCN(CC(=O)Nc3cccc(C)c3C)CC2)c1. The van der Waals surface area contributed by atoms with Crippen molar-refractivity contribution in [3.05, 3.63) is 59.3 Å². The molecule has 0 radical (unpaired) electrons. The minimum absolute atomic E-state index is 0.0200. The van der Waals surface area contributed by atoms with Gasteiger partial charge in [0, 0.05) is 37.3 Å². The van der Waals surface area contributed by atoms with E-state index in [9.17, 15) is 9.59 Å². The summed E-state index contributed by atoms with van der Waals surface area (Å²) in [5.74, 6) is -0.330. The van der Waals surface area contributed by atoms with Gasteiger partial charge in [-0.3, -0.25) is 19.3 Å². The summed E-state index contributed by atoms with van der Waals surface area (Å²) in [6, 6.07) is 11.4. The fourth-order valence-corrected chi connectivity index (χ4v) is 4.00. The number of aryl methyl sites for hydroxylation is 1. The number of benzene rings is 2. The number of nitrogens with zero attached hydrogens (tertiary/aromatic N) is 4. The molecule has 0 spiro atoms. The number of hydrogen-bond donors (Lipinski definition) is 1. The van der Waals surface area contributed by atoms with E-state index in [1.807, 2.05) is 42.8 Å². The normalized spacial score (nSPS) is 15.1. The maximum absolute atomic E-state index is 12.5. The molecule has 8 nitrogen and oxygen atoms in total. The summed E-state index contributed by atoms with van der Waals surface area (Å²) in [4.78, 5) is 28.7. The third kappa shape index (κ3) is 4.81. The summed E-state index contributed by atoms with van der Waals surface area (Å²) in [5, 5.41) is 8.44. The summed E-state index contributed by atoms with van der Waals surface area (Å²) in [7, 11) is 1.38. The molecule has 1 aliphatic heterocycles. The molecule has 1 N–H and O–H groups in total. The average Bonchev–Trinajstić information content (AvgIpc) is 3.19. The monoisotopic (exact) mass is 435 g/mol. The third-order valence-electron chi connectivity index (χ3n) is 6.11. The van der Waals surface area contributed by atoms with Crippen LogP contribution in [-0.4, -0.2) is 71.3 Å². The Balaban J connectivity index is 1.30. The van der Waals surface area contributed by atoms with Gasteiger partial charge in [0.05, 0.1) is 37.6 Å². The minimum atomic E-state index is -0.350. The van der Waals surface area contributed by atoms with Crippen molar-refractivity contribution >= 4 is 28.5 Å². The lowest BCUT2D eigenvalue weighted by Crippen LogP contribution is -2.48. The molecule has 8 heteroatoms. The van der Waals surface area contributed by atoms with E-state index in [2.05, 4.69) is 20.2 Å². The van der Waals surface area contributed by atoms with E-state index in [-0.39, 0.29) is 11.9 Å². The summed E-state index contributed by atoms with van der Waals surface area (Å²) in [6.07, 6.45) is 1.77. The Kier molecular flexibility index (Phi) is 6.53. The zero-order valence-corrected chi connectivity index (χ0v) is 18.8. The average molecular weight is 436 g/mol. The van der Waals surface area contributed by atoms with Crippen LogP contribution in [0, 0.1) is 13.8 Å². The van der Waals surface area contributed by atoms with Gasteiger partial charge >= 0.3 is 5.97 Å². The van der Waals surface area contributed by atoms with Gasteiger partial charge < -0.3 is 10.1 Å². The quantitative estimate of drug-likeness (QED) is 0.600. The van der Waals surface area contributed by atoms with Crippen LogP contribution in [0.3, 0.4) is 0 Å². The van der Waals surface area contributed by atoms with Crippen LogP contribution < -0.4 is 5.32 Å². The standard InChI is InChI=1S/C24H29N5O3/c1-17-5-4-6-21(18(17)2)26-23(30)15-27-9-11-28(12-10-27)16-29-22-8-7-19(24(31)32-3)13-20(22)14-25-29/h4-8,13-14H,9-12,15-16H2,1-3H3,(H,26,30). The van der Waals surface area contributed by atoms with Gasteiger partial charge in [0.25, 0.3) is 0 Å². The number of carbonyl (C=O) groups excluding carboxylic acids is 2. The molecule has 1 amide bonds. The fraction of sp³-hybridized carbons (Fsp3) is 0.375. The van der Waals surface area contributed by atoms with Gasteiger partial charge in [0.1, 0.15) is 0 Å². The molecule has 2 heterocycles. The van der Waals surface area contributed by atoms with Crippen LogP contribution in [0.2, 0.25) is 0 Å². The molecule has 4 rings (SSSR count). The van der Waals surface area contributed by atoms with Gasteiger partial charge in [-0.25, -0.2) is 4.79 Å². The lowest BCUT2D eigenvalue weighted by atomic mass is 10.1. The van der Waals surface area contributed by atoms with Gasteiger partial charge in [0.15, 0.2) is 0 Å². The Morgan fingerprint density at radius 2 is 1.81 bits per heavy atom. The predicted molar refractivity (Wildman–Crippen MR) is 124 cm³/mol. The molecule has 3 aromatic rings. The van der Waals surface area contributed by atoms with E-state index < -0.39 is 0 Å². The Labute approximate surface area is 187 Å². The second-order valence-corrected chi connectivity index (χ2v) is 8.24. The number of ether oxygens (including phenoxy) is 1. The van der Waals surface area contributed by atoms with E-state index in [0.29, 0.717) is 18.8 Å². The van der Waals surface area contributed by atoms with Gasteiger partial charge in [-0.1, -0.05) is 12.1 Å². The largest absolute Gasteiger partial charge is 0.465 e. The highest BCUT2D eigenvalue weighted by atomic mass is 16.5. The molecule has 1 fully saturated rings. The number of amides is 1. The molecule has 0 aliphatic carbocycles. The summed E-state index contributed by atoms with van der Waals surface area (Å²) < 4.78 is 6.73. The van der Waals surface area contributed by atoms with Gasteiger partial charge in [-0.2, -0.15) is 5.10 Å². The highest BCUT2D eigenvalue weighted by Crippen LogP contribution is 2.19. The number of aromatic nitrogens is 2. The summed E-state index contributed by atoms with van der Waals surface area (Å²) in [5.41, 5.74) is 4.66.